The number of halogens is 1. The number of hydrogen-bond acceptors (Lipinski definition) is 4. The predicted octanol–water partition coefficient (Wildman–Crippen LogP) is 6.48. The molecule has 0 bridgehead atoms. The molecule has 7 rings (SSSR count). The van der Waals surface area contributed by atoms with Gasteiger partial charge in [-0.15, -0.1) is 11.8 Å². The molecule has 1 fully saturated rings. The minimum atomic E-state index is -0.973. The van der Waals surface area contributed by atoms with Gasteiger partial charge in [0.15, 0.2) is 0 Å². The molecular weight excluding hydrogens is 516 g/mol. The Bertz CT molecular complexity index is 1590. The molecule has 3 aliphatic rings. The van der Waals surface area contributed by atoms with Crippen LogP contribution >= 0.6 is 23.4 Å². The number of carbonyl (C=O) groups excluding carboxylic acids is 3. The molecule has 0 N–H and O–H groups in total. The van der Waals surface area contributed by atoms with E-state index in [-0.39, 0.29) is 11.2 Å². The van der Waals surface area contributed by atoms with E-state index in [4.69, 9.17) is 11.6 Å². The lowest BCUT2D eigenvalue weighted by Gasteiger charge is -2.59. The second-order valence-corrected chi connectivity index (χ2v) is 11.4. The molecule has 0 spiro atoms. The van der Waals surface area contributed by atoms with E-state index in [1.807, 2.05) is 83.8 Å². The van der Waals surface area contributed by atoms with E-state index in [1.54, 1.807) is 36.0 Å². The molecule has 0 aromatic heterocycles. The number of β-lactam (4-membered cyclic amide) rings is 1. The average Bonchev–Trinajstić information content (AvgIpc) is 3.11. The zero-order valence-corrected chi connectivity index (χ0v) is 21.7. The van der Waals surface area contributed by atoms with Gasteiger partial charge < -0.3 is 0 Å². The third-order valence-electron chi connectivity index (χ3n) is 7.78. The monoisotopic (exact) mass is 536 g/mol. The predicted molar refractivity (Wildman–Crippen MR) is 147 cm³/mol. The van der Waals surface area contributed by atoms with E-state index in [2.05, 4.69) is 0 Å². The standard InChI is InChI=1S/C31H21ClN2O3S/c32-21-16-14-19(15-17-21)26-18-31(20-8-2-1-3-9-20)27(30(37)34(31)24-12-6-7-13-25(24)38-26)33-28(35)22-10-4-5-11-23(22)29(33)36/h1-17,26-27H,18H2. The summed E-state index contributed by atoms with van der Waals surface area (Å²) in [5.74, 6) is -1.10. The molecule has 3 unspecified atom stereocenters. The molecule has 186 valence electrons. The number of para-hydroxylation sites is 1. The maximum Gasteiger partial charge on any atom is 0.262 e. The van der Waals surface area contributed by atoms with Crippen LogP contribution in [0, 0.1) is 0 Å². The number of hydrogen-bond donors (Lipinski definition) is 0. The SMILES string of the molecule is O=C1c2ccccc2C(=O)N1C1C(=O)N2c3ccccc3SC(c3ccc(Cl)cc3)CC12c1ccccc1. The molecule has 3 amide bonds. The van der Waals surface area contributed by atoms with Gasteiger partial charge in [0.2, 0.25) is 0 Å². The van der Waals surface area contributed by atoms with Crippen LogP contribution in [0.5, 0.6) is 0 Å². The van der Waals surface area contributed by atoms with Crippen molar-refractivity contribution in [2.24, 2.45) is 0 Å². The van der Waals surface area contributed by atoms with E-state index in [0.717, 1.165) is 21.7 Å². The number of benzene rings is 4. The normalized spacial score (nSPS) is 23.9. The summed E-state index contributed by atoms with van der Waals surface area (Å²) >= 11 is 7.90. The minimum Gasteiger partial charge on any atom is -0.296 e. The first-order chi connectivity index (χ1) is 18.5. The van der Waals surface area contributed by atoms with Crippen molar-refractivity contribution in [1.82, 2.24) is 4.90 Å². The highest BCUT2D eigenvalue weighted by Crippen LogP contribution is 2.60. The number of thioether (sulfide) groups is 1. The zero-order valence-electron chi connectivity index (χ0n) is 20.1. The van der Waals surface area contributed by atoms with Gasteiger partial charge in [0.05, 0.1) is 16.8 Å². The van der Waals surface area contributed by atoms with Crippen LogP contribution in [0.3, 0.4) is 0 Å². The molecule has 0 saturated carbocycles. The number of carbonyl (C=O) groups is 3. The van der Waals surface area contributed by atoms with Crippen molar-refractivity contribution in [1.29, 1.82) is 0 Å². The fourth-order valence-electron chi connectivity index (χ4n) is 6.10. The van der Waals surface area contributed by atoms with E-state index in [9.17, 15) is 14.4 Å². The van der Waals surface area contributed by atoms with Crippen molar-refractivity contribution in [3.63, 3.8) is 0 Å². The average molecular weight is 537 g/mol. The van der Waals surface area contributed by atoms with Crippen LogP contribution in [-0.4, -0.2) is 28.7 Å². The fraction of sp³-hybridized carbons (Fsp3) is 0.129. The molecule has 4 aromatic carbocycles. The van der Waals surface area contributed by atoms with Crippen LogP contribution in [0.15, 0.2) is 108 Å². The highest BCUT2D eigenvalue weighted by atomic mass is 35.5. The van der Waals surface area contributed by atoms with Gasteiger partial charge in [0.1, 0.15) is 11.6 Å². The Labute approximate surface area is 229 Å². The Kier molecular flexibility index (Phi) is 5.25. The number of rotatable bonds is 3. The molecule has 3 atom stereocenters. The third kappa shape index (κ3) is 3.17. The molecule has 3 aliphatic heterocycles. The highest BCUT2D eigenvalue weighted by molar-refractivity contribution is 7.99. The fourth-order valence-corrected chi connectivity index (χ4v) is 7.60. The summed E-state index contributed by atoms with van der Waals surface area (Å²) in [6, 6.07) is 31.2. The Morgan fingerprint density at radius 1 is 0.737 bits per heavy atom. The molecule has 5 nitrogen and oxygen atoms in total. The van der Waals surface area contributed by atoms with Crippen LogP contribution in [0.25, 0.3) is 0 Å². The molecule has 1 saturated heterocycles. The van der Waals surface area contributed by atoms with Gasteiger partial charge >= 0.3 is 0 Å². The molecular formula is C31H21ClN2O3S. The number of nitrogens with zero attached hydrogens (tertiary/aromatic N) is 2. The van der Waals surface area contributed by atoms with E-state index in [0.29, 0.717) is 22.6 Å². The largest absolute Gasteiger partial charge is 0.296 e. The summed E-state index contributed by atoms with van der Waals surface area (Å²) in [7, 11) is 0. The molecule has 7 heteroatoms. The van der Waals surface area contributed by atoms with Crippen molar-refractivity contribution >= 4 is 46.8 Å². The highest BCUT2D eigenvalue weighted by Gasteiger charge is 2.68. The third-order valence-corrected chi connectivity index (χ3v) is 9.35. The molecule has 4 aromatic rings. The lowest BCUT2D eigenvalue weighted by atomic mass is 9.68. The van der Waals surface area contributed by atoms with Gasteiger partial charge in [-0.25, -0.2) is 0 Å². The van der Waals surface area contributed by atoms with Gasteiger partial charge in [0.25, 0.3) is 17.7 Å². The van der Waals surface area contributed by atoms with Crippen molar-refractivity contribution in [2.75, 3.05) is 4.90 Å². The first-order valence-electron chi connectivity index (χ1n) is 12.4. The topological polar surface area (TPSA) is 57.7 Å². The summed E-state index contributed by atoms with van der Waals surface area (Å²) < 4.78 is 0. The Morgan fingerprint density at radius 2 is 1.34 bits per heavy atom. The van der Waals surface area contributed by atoms with E-state index in [1.165, 1.54) is 4.90 Å². The molecule has 0 aliphatic carbocycles. The Balaban J connectivity index is 1.45. The summed E-state index contributed by atoms with van der Waals surface area (Å²) in [4.78, 5) is 45.5. The van der Waals surface area contributed by atoms with Crippen molar-refractivity contribution in [3.8, 4) is 0 Å². The summed E-state index contributed by atoms with van der Waals surface area (Å²) in [5.41, 5.74) is 2.46. The van der Waals surface area contributed by atoms with Crippen LogP contribution in [-0.2, 0) is 10.3 Å². The van der Waals surface area contributed by atoms with Gasteiger partial charge in [-0.2, -0.15) is 0 Å². The maximum atomic E-state index is 14.2. The van der Waals surface area contributed by atoms with Crippen molar-refractivity contribution in [3.05, 3.63) is 130 Å². The zero-order chi connectivity index (χ0) is 26.0. The molecule has 3 heterocycles. The van der Waals surface area contributed by atoms with Crippen molar-refractivity contribution in [2.45, 2.75) is 28.1 Å². The maximum absolute atomic E-state index is 14.2. The first-order valence-corrected chi connectivity index (χ1v) is 13.6. The molecule has 0 radical (unpaired) electrons. The van der Waals surface area contributed by atoms with Gasteiger partial charge in [0, 0.05) is 15.2 Å². The minimum absolute atomic E-state index is 0.0654. The number of fused-ring (bicyclic) bond motifs is 4. The second kappa shape index (κ2) is 8.58. The van der Waals surface area contributed by atoms with Crippen LogP contribution < -0.4 is 4.90 Å². The quantitative estimate of drug-likeness (QED) is 0.222. The van der Waals surface area contributed by atoms with Crippen LogP contribution in [0.1, 0.15) is 43.5 Å². The summed E-state index contributed by atoms with van der Waals surface area (Å²) in [6.07, 6.45) is 0.502. The number of anilines is 1. The van der Waals surface area contributed by atoms with Crippen molar-refractivity contribution < 1.29 is 14.4 Å². The van der Waals surface area contributed by atoms with Crippen LogP contribution in [0.4, 0.5) is 5.69 Å². The molecule has 38 heavy (non-hydrogen) atoms. The Morgan fingerprint density at radius 3 is 2.03 bits per heavy atom. The number of amides is 3. The Hall–Kier alpha value is -3.87. The van der Waals surface area contributed by atoms with E-state index < -0.39 is 23.4 Å². The van der Waals surface area contributed by atoms with Gasteiger partial charge in [-0.3, -0.25) is 24.2 Å². The van der Waals surface area contributed by atoms with E-state index >= 15 is 0 Å². The summed E-state index contributed by atoms with van der Waals surface area (Å²) in [5, 5.41) is 0.583. The lowest BCUT2D eigenvalue weighted by Crippen LogP contribution is -2.78. The summed E-state index contributed by atoms with van der Waals surface area (Å²) in [6.45, 7) is 0. The second-order valence-electron chi connectivity index (χ2n) is 9.72. The van der Waals surface area contributed by atoms with Gasteiger partial charge in [-0.1, -0.05) is 78.3 Å². The van der Waals surface area contributed by atoms with Gasteiger partial charge in [-0.05, 0) is 53.9 Å². The lowest BCUT2D eigenvalue weighted by molar-refractivity contribution is -0.136. The first kappa shape index (κ1) is 23.3. The van der Waals surface area contributed by atoms with Crippen LogP contribution in [0.2, 0.25) is 5.02 Å². The smallest absolute Gasteiger partial charge is 0.262 e. The number of imide groups is 1.